The number of benzene rings is 1. The van der Waals surface area contributed by atoms with Crippen molar-refractivity contribution < 1.29 is 19.1 Å². The van der Waals surface area contributed by atoms with Crippen LogP contribution < -0.4 is 21.3 Å². The fraction of sp³-hybridized carbons (Fsp3) is 0.571. The number of hydrogen-bond donors (Lipinski definition) is 4. The Hall–Kier alpha value is -3.02. The molecule has 1 aliphatic carbocycles. The molecule has 4 N–H and O–H groups in total. The van der Waals surface area contributed by atoms with Crippen molar-refractivity contribution in [3.05, 3.63) is 44.9 Å². The van der Waals surface area contributed by atoms with Gasteiger partial charge in [0.25, 0.3) is 5.91 Å². The van der Waals surface area contributed by atoms with E-state index in [1.807, 2.05) is 19.1 Å². The Morgan fingerprint density at radius 1 is 1.18 bits per heavy atom. The minimum atomic E-state index is -0.392. The molecule has 0 bridgehead atoms. The van der Waals surface area contributed by atoms with E-state index in [-0.39, 0.29) is 35.7 Å². The molecule has 2 aromatic rings. The second kappa shape index (κ2) is 12.0. The first kappa shape index (κ1) is 27.5. The maximum Gasteiger partial charge on any atom is 0.280 e. The zero-order valence-electron chi connectivity index (χ0n) is 22.8. The first-order valence-corrected chi connectivity index (χ1v) is 14.5. The molecule has 1 unspecified atom stereocenters. The predicted molar refractivity (Wildman–Crippen MR) is 150 cm³/mol. The van der Waals surface area contributed by atoms with Gasteiger partial charge in [-0.3, -0.25) is 14.4 Å². The molecule has 11 heteroatoms. The average Bonchev–Trinajstić information content (AvgIpc) is 3.53. The molecule has 39 heavy (non-hydrogen) atoms. The van der Waals surface area contributed by atoms with Crippen molar-refractivity contribution in [3.63, 3.8) is 0 Å². The van der Waals surface area contributed by atoms with Crippen LogP contribution in [-0.4, -0.2) is 79.6 Å². The molecule has 4 atom stereocenters. The minimum Gasteiger partial charge on any atom is -0.383 e. The van der Waals surface area contributed by atoms with Crippen LogP contribution in [0.15, 0.2) is 18.2 Å². The average molecular weight is 555 g/mol. The third kappa shape index (κ3) is 6.42. The number of carbonyl (C=O) groups is 3. The molecule has 3 amide bonds. The molecule has 10 nitrogen and oxygen atoms in total. The third-order valence-corrected chi connectivity index (χ3v) is 9.00. The van der Waals surface area contributed by atoms with Gasteiger partial charge in [0.1, 0.15) is 6.04 Å². The highest BCUT2D eigenvalue weighted by Crippen LogP contribution is 2.30. The molecule has 1 aromatic heterocycles. The number of methoxy groups -OCH3 is 1. The quantitative estimate of drug-likeness (QED) is 0.366. The van der Waals surface area contributed by atoms with Gasteiger partial charge < -0.3 is 30.9 Å². The number of anilines is 1. The van der Waals surface area contributed by atoms with Crippen molar-refractivity contribution in [2.75, 3.05) is 39.2 Å². The Morgan fingerprint density at radius 3 is 2.85 bits per heavy atom. The van der Waals surface area contributed by atoms with Crippen LogP contribution in [0, 0.1) is 12.8 Å². The fourth-order valence-corrected chi connectivity index (χ4v) is 6.84. The van der Waals surface area contributed by atoms with E-state index in [9.17, 15) is 14.4 Å². The Morgan fingerprint density at radius 2 is 2.03 bits per heavy atom. The lowest BCUT2D eigenvalue weighted by atomic mass is 9.81. The normalized spacial score (nSPS) is 24.3. The summed E-state index contributed by atoms with van der Waals surface area (Å²) in [5, 5.41) is 13.0. The van der Waals surface area contributed by atoms with Crippen LogP contribution in [0.3, 0.4) is 0 Å². The number of thiazole rings is 1. The van der Waals surface area contributed by atoms with Gasteiger partial charge in [-0.25, -0.2) is 4.98 Å². The zero-order chi connectivity index (χ0) is 27.5. The van der Waals surface area contributed by atoms with E-state index in [1.165, 1.54) is 11.3 Å². The first-order valence-electron chi connectivity index (χ1n) is 13.7. The minimum absolute atomic E-state index is 0.0466. The van der Waals surface area contributed by atoms with Crippen LogP contribution in [-0.2, 0) is 33.7 Å². The largest absolute Gasteiger partial charge is 0.383 e. The van der Waals surface area contributed by atoms with Crippen LogP contribution in [0.5, 0.6) is 0 Å². The van der Waals surface area contributed by atoms with E-state index in [0.29, 0.717) is 43.8 Å². The summed E-state index contributed by atoms with van der Waals surface area (Å²) >= 11 is 1.44. The van der Waals surface area contributed by atoms with E-state index in [2.05, 4.69) is 44.3 Å². The highest BCUT2D eigenvalue weighted by Gasteiger charge is 2.38. The second-order valence-electron chi connectivity index (χ2n) is 10.9. The molecule has 1 saturated carbocycles. The first-order chi connectivity index (χ1) is 18.8. The maximum absolute atomic E-state index is 13.4. The number of nitrogens with one attached hydrogen (secondary N) is 4. The van der Waals surface area contributed by atoms with Gasteiger partial charge in [-0.1, -0.05) is 17.7 Å². The van der Waals surface area contributed by atoms with E-state index in [1.54, 1.807) is 7.11 Å². The van der Waals surface area contributed by atoms with Crippen molar-refractivity contribution in [3.8, 4) is 0 Å². The molecule has 3 aliphatic rings. The van der Waals surface area contributed by atoms with Crippen LogP contribution in [0.4, 0.5) is 5.69 Å². The highest BCUT2D eigenvalue weighted by molar-refractivity contribution is 7.13. The second-order valence-corrected chi connectivity index (χ2v) is 12.0. The van der Waals surface area contributed by atoms with Crippen LogP contribution in [0.1, 0.15) is 50.8 Å². The summed E-state index contributed by atoms with van der Waals surface area (Å²) < 4.78 is 5.05. The number of likely N-dealkylation sites (N-methyl/N-ethyl adjacent to an activating group) is 1. The molecular weight excluding hydrogens is 516 g/mol. The number of amides is 3. The summed E-state index contributed by atoms with van der Waals surface area (Å²) in [5.74, 6) is -0.637. The number of aryl methyl sites for hydroxylation is 1. The Bertz CT molecular complexity index is 1230. The van der Waals surface area contributed by atoms with Gasteiger partial charge in [0, 0.05) is 68.2 Å². The Kier molecular flexibility index (Phi) is 8.49. The molecule has 1 aromatic carbocycles. The van der Waals surface area contributed by atoms with Gasteiger partial charge in [0.15, 0.2) is 5.01 Å². The summed E-state index contributed by atoms with van der Waals surface area (Å²) in [4.78, 5) is 47.5. The molecule has 1 fully saturated rings. The molecule has 2 aliphatic heterocycles. The smallest absolute Gasteiger partial charge is 0.280 e. The number of nitrogens with zero attached hydrogens (tertiary/aromatic N) is 2. The standard InChI is InChI=1S/C28H38N6O4S/c1-16-4-6-19-18(12-16)14-23(30-19)26(36)32-22-13-17(25(35)29-9-11-38-3)5-7-20(22)31-27(37)28-33-21-8-10-34(2)15-24(21)39-28/h4,6,12,17,20,22-23,30H,5,7-11,13-15H2,1-3H3,(H,29,35)(H,31,37)(H,32,36)/t17-,20+,22-,23?/m0/s1. The topological polar surface area (TPSA) is 125 Å². The number of ether oxygens (including phenoxy) is 1. The van der Waals surface area contributed by atoms with E-state index in [4.69, 9.17) is 4.74 Å². The van der Waals surface area contributed by atoms with Crippen molar-refractivity contribution in [1.82, 2.24) is 25.8 Å². The molecule has 0 saturated heterocycles. The summed E-state index contributed by atoms with van der Waals surface area (Å²) in [6.45, 7) is 4.66. The Labute approximate surface area is 233 Å². The number of carbonyl (C=O) groups excluding carboxylic acids is 3. The SMILES string of the molecule is COCCNC(=O)[C@H]1CC[C@@H](NC(=O)c2nc3c(s2)CN(C)CC3)[C@@H](NC(=O)C2Cc3cc(C)ccc3N2)C1. The molecule has 210 valence electrons. The van der Waals surface area contributed by atoms with Gasteiger partial charge in [0.05, 0.1) is 12.3 Å². The van der Waals surface area contributed by atoms with Gasteiger partial charge in [-0.2, -0.15) is 0 Å². The molecular formula is C28H38N6O4S. The summed E-state index contributed by atoms with van der Waals surface area (Å²) in [7, 11) is 3.66. The van der Waals surface area contributed by atoms with E-state index >= 15 is 0 Å². The zero-order valence-corrected chi connectivity index (χ0v) is 23.7. The van der Waals surface area contributed by atoms with Gasteiger partial charge >= 0.3 is 0 Å². The summed E-state index contributed by atoms with van der Waals surface area (Å²) in [5.41, 5.74) is 4.26. The van der Waals surface area contributed by atoms with E-state index < -0.39 is 6.04 Å². The summed E-state index contributed by atoms with van der Waals surface area (Å²) in [6.07, 6.45) is 3.11. The molecule has 5 rings (SSSR count). The Balaban J connectivity index is 1.27. The lowest BCUT2D eigenvalue weighted by Gasteiger charge is -2.36. The molecule has 0 spiro atoms. The fourth-order valence-electron chi connectivity index (χ4n) is 5.74. The van der Waals surface area contributed by atoms with Crippen LogP contribution >= 0.6 is 11.3 Å². The van der Waals surface area contributed by atoms with Crippen molar-refractivity contribution in [2.45, 2.75) is 63.7 Å². The predicted octanol–water partition coefficient (Wildman–Crippen LogP) is 1.62. The number of fused-ring (bicyclic) bond motifs is 2. The lowest BCUT2D eigenvalue weighted by molar-refractivity contribution is -0.128. The lowest BCUT2D eigenvalue weighted by Crippen LogP contribution is -2.57. The van der Waals surface area contributed by atoms with Crippen molar-refractivity contribution >= 4 is 34.7 Å². The monoisotopic (exact) mass is 554 g/mol. The van der Waals surface area contributed by atoms with Gasteiger partial charge in [-0.15, -0.1) is 11.3 Å². The van der Waals surface area contributed by atoms with Crippen molar-refractivity contribution in [2.24, 2.45) is 5.92 Å². The number of aromatic nitrogens is 1. The van der Waals surface area contributed by atoms with Gasteiger partial charge in [-0.05, 0) is 44.9 Å². The van der Waals surface area contributed by atoms with E-state index in [0.717, 1.165) is 46.9 Å². The number of hydrogen-bond acceptors (Lipinski definition) is 8. The number of rotatable bonds is 8. The van der Waals surface area contributed by atoms with Crippen LogP contribution in [0.25, 0.3) is 0 Å². The molecule has 0 radical (unpaired) electrons. The summed E-state index contributed by atoms with van der Waals surface area (Å²) in [6, 6.07) is 5.08. The van der Waals surface area contributed by atoms with Gasteiger partial charge in [0.2, 0.25) is 11.8 Å². The van der Waals surface area contributed by atoms with Crippen LogP contribution in [0.2, 0.25) is 0 Å². The highest BCUT2D eigenvalue weighted by atomic mass is 32.1. The third-order valence-electron chi connectivity index (χ3n) is 7.92. The maximum atomic E-state index is 13.4. The van der Waals surface area contributed by atoms with Crippen molar-refractivity contribution in [1.29, 1.82) is 0 Å². The molecule has 3 heterocycles.